The predicted molar refractivity (Wildman–Crippen MR) is 88.3 cm³/mol. The van der Waals surface area contributed by atoms with Crippen molar-refractivity contribution in [1.29, 1.82) is 0 Å². The molecule has 0 unspecified atom stereocenters. The van der Waals surface area contributed by atoms with Gasteiger partial charge in [0.1, 0.15) is 0 Å². The summed E-state index contributed by atoms with van der Waals surface area (Å²) in [6, 6.07) is 0. The Bertz CT molecular complexity index is 598. The van der Waals surface area contributed by atoms with Crippen LogP contribution in [0.5, 0.6) is 5.75 Å². The van der Waals surface area contributed by atoms with Crippen molar-refractivity contribution >= 4 is 5.97 Å². The summed E-state index contributed by atoms with van der Waals surface area (Å²) < 4.78 is 80.4. The van der Waals surface area contributed by atoms with E-state index in [-0.39, 0.29) is 19.6 Å². The number of esters is 1. The quantitative estimate of drug-likeness (QED) is 0.126. The van der Waals surface area contributed by atoms with Gasteiger partial charge in [-0.3, -0.25) is 4.79 Å². The molecule has 0 spiro atoms. The number of carbonyl (C=O) groups is 1. The summed E-state index contributed by atoms with van der Waals surface area (Å²) in [5.41, 5.74) is 0. The maximum Gasteiger partial charge on any atom is 0.311 e. The number of carbonyl (C=O) groups excluding carboxylic acids is 1. The number of benzene rings is 1. The standard InChI is InChI=1S/C18H23F5O5/c19-13-14(20)16(22)18(17(23)15(13)21)28-12(25)6-4-2-1-3-5-8-26-10-11-27-9-7-24/h24H,1-11H2. The molecule has 28 heavy (non-hydrogen) atoms. The van der Waals surface area contributed by atoms with Crippen molar-refractivity contribution in [2.45, 2.75) is 38.5 Å². The zero-order valence-electron chi connectivity index (χ0n) is 15.2. The number of unbranched alkanes of at least 4 members (excludes halogenated alkanes) is 4. The van der Waals surface area contributed by atoms with E-state index in [2.05, 4.69) is 4.74 Å². The molecule has 1 aromatic rings. The number of hydrogen-bond acceptors (Lipinski definition) is 5. The Hall–Kier alpha value is -1.78. The van der Waals surface area contributed by atoms with Crippen LogP contribution in [0.15, 0.2) is 0 Å². The number of aliphatic hydroxyl groups excluding tert-OH is 1. The molecular formula is C18H23F5O5. The second-order valence-electron chi connectivity index (χ2n) is 5.84. The van der Waals surface area contributed by atoms with Crippen molar-refractivity contribution in [2.75, 3.05) is 33.0 Å². The summed E-state index contributed by atoms with van der Waals surface area (Å²) in [5.74, 6) is -13.6. The Balaban J connectivity index is 2.17. The number of hydrogen-bond donors (Lipinski definition) is 1. The lowest BCUT2D eigenvalue weighted by atomic mass is 10.1. The van der Waals surface area contributed by atoms with Gasteiger partial charge < -0.3 is 19.3 Å². The number of rotatable bonds is 14. The Labute approximate surface area is 159 Å². The Morgan fingerprint density at radius 2 is 1.18 bits per heavy atom. The van der Waals surface area contributed by atoms with Gasteiger partial charge in [0, 0.05) is 13.0 Å². The fourth-order valence-electron chi connectivity index (χ4n) is 2.23. The van der Waals surface area contributed by atoms with Crippen molar-refractivity contribution in [3.05, 3.63) is 29.1 Å². The second kappa shape index (κ2) is 13.4. The lowest BCUT2D eigenvalue weighted by molar-refractivity contribution is -0.135. The average molecular weight is 414 g/mol. The van der Waals surface area contributed by atoms with Crippen molar-refractivity contribution in [2.24, 2.45) is 0 Å². The van der Waals surface area contributed by atoms with Crippen LogP contribution in [-0.4, -0.2) is 44.1 Å². The third-order valence-electron chi connectivity index (χ3n) is 3.66. The van der Waals surface area contributed by atoms with Crippen LogP contribution in [0, 0.1) is 29.1 Å². The molecule has 1 N–H and O–H groups in total. The van der Waals surface area contributed by atoms with E-state index < -0.39 is 40.8 Å². The number of halogens is 5. The molecule has 0 heterocycles. The molecule has 0 radical (unpaired) electrons. The molecule has 0 amide bonds. The molecule has 0 saturated carbocycles. The largest absolute Gasteiger partial charge is 0.420 e. The van der Waals surface area contributed by atoms with Gasteiger partial charge in [-0.2, -0.15) is 8.78 Å². The Kier molecular flexibility index (Phi) is 11.6. The van der Waals surface area contributed by atoms with E-state index in [1.807, 2.05) is 0 Å². The first-order chi connectivity index (χ1) is 13.4. The van der Waals surface area contributed by atoms with Gasteiger partial charge in [-0.25, -0.2) is 13.2 Å². The summed E-state index contributed by atoms with van der Waals surface area (Å²) in [5, 5.41) is 8.50. The van der Waals surface area contributed by atoms with E-state index in [0.29, 0.717) is 32.7 Å². The van der Waals surface area contributed by atoms with E-state index in [9.17, 15) is 26.7 Å². The molecule has 0 atom stereocenters. The van der Waals surface area contributed by atoms with E-state index in [0.717, 1.165) is 19.3 Å². The minimum absolute atomic E-state index is 0.0326. The van der Waals surface area contributed by atoms with Crippen molar-refractivity contribution in [1.82, 2.24) is 0 Å². The van der Waals surface area contributed by atoms with Crippen LogP contribution in [0.25, 0.3) is 0 Å². The monoisotopic (exact) mass is 414 g/mol. The van der Waals surface area contributed by atoms with E-state index in [1.54, 1.807) is 0 Å². The van der Waals surface area contributed by atoms with Gasteiger partial charge in [0.25, 0.3) is 0 Å². The van der Waals surface area contributed by atoms with Crippen LogP contribution in [0.3, 0.4) is 0 Å². The predicted octanol–water partition coefficient (Wildman–Crippen LogP) is 3.65. The first kappa shape index (κ1) is 24.3. The molecule has 0 aliphatic carbocycles. The maximum atomic E-state index is 13.4. The zero-order chi connectivity index (χ0) is 20.9. The first-order valence-corrected chi connectivity index (χ1v) is 8.88. The van der Waals surface area contributed by atoms with Gasteiger partial charge in [0.2, 0.25) is 34.8 Å². The van der Waals surface area contributed by atoms with Gasteiger partial charge in [0.05, 0.1) is 26.4 Å². The molecule has 0 aliphatic heterocycles. The summed E-state index contributed by atoms with van der Waals surface area (Å²) in [6.07, 6.45) is 3.19. The van der Waals surface area contributed by atoms with Crippen LogP contribution >= 0.6 is 0 Å². The lowest BCUT2D eigenvalue weighted by Gasteiger charge is -2.09. The summed E-state index contributed by atoms with van der Waals surface area (Å²) in [7, 11) is 0. The topological polar surface area (TPSA) is 65.0 Å². The first-order valence-electron chi connectivity index (χ1n) is 8.88. The third kappa shape index (κ3) is 8.07. The molecule has 1 aromatic carbocycles. The molecule has 1 rings (SSSR count). The lowest BCUT2D eigenvalue weighted by Crippen LogP contribution is -2.13. The highest BCUT2D eigenvalue weighted by Crippen LogP contribution is 2.29. The molecule has 0 fully saturated rings. The smallest absolute Gasteiger partial charge is 0.311 e. The molecule has 0 saturated heterocycles. The van der Waals surface area contributed by atoms with E-state index in [4.69, 9.17) is 14.6 Å². The molecule has 0 aliphatic rings. The van der Waals surface area contributed by atoms with Gasteiger partial charge in [-0.1, -0.05) is 19.3 Å². The van der Waals surface area contributed by atoms with E-state index in [1.165, 1.54) is 0 Å². The van der Waals surface area contributed by atoms with Gasteiger partial charge in [-0.15, -0.1) is 0 Å². The average Bonchev–Trinajstić information content (AvgIpc) is 2.69. The summed E-state index contributed by atoms with van der Waals surface area (Å²) in [4.78, 5) is 11.6. The third-order valence-corrected chi connectivity index (χ3v) is 3.66. The minimum Gasteiger partial charge on any atom is -0.420 e. The zero-order valence-corrected chi connectivity index (χ0v) is 15.2. The highest BCUT2D eigenvalue weighted by molar-refractivity contribution is 5.72. The SMILES string of the molecule is O=C(CCCCCCCOCCOCCO)Oc1c(F)c(F)c(F)c(F)c1F. The number of aliphatic hydroxyl groups is 1. The van der Waals surface area contributed by atoms with Crippen molar-refractivity contribution < 1.29 is 46.1 Å². The highest BCUT2D eigenvalue weighted by Gasteiger charge is 2.28. The molecular weight excluding hydrogens is 391 g/mol. The van der Waals surface area contributed by atoms with Crippen LogP contribution in [-0.2, 0) is 14.3 Å². The van der Waals surface area contributed by atoms with Crippen LogP contribution in [0.2, 0.25) is 0 Å². The molecule has 160 valence electrons. The van der Waals surface area contributed by atoms with Crippen LogP contribution in [0.1, 0.15) is 38.5 Å². The second-order valence-corrected chi connectivity index (χ2v) is 5.84. The molecule has 0 aromatic heterocycles. The Morgan fingerprint density at radius 1 is 0.679 bits per heavy atom. The molecule has 5 nitrogen and oxygen atoms in total. The van der Waals surface area contributed by atoms with Gasteiger partial charge in [-0.05, 0) is 12.8 Å². The van der Waals surface area contributed by atoms with E-state index >= 15 is 0 Å². The number of ether oxygens (including phenoxy) is 3. The fraction of sp³-hybridized carbons (Fsp3) is 0.611. The van der Waals surface area contributed by atoms with Crippen molar-refractivity contribution in [3.63, 3.8) is 0 Å². The summed E-state index contributed by atoms with van der Waals surface area (Å²) >= 11 is 0. The minimum atomic E-state index is -2.31. The Morgan fingerprint density at radius 3 is 1.79 bits per heavy atom. The summed E-state index contributed by atoms with van der Waals surface area (Å²) in [6.45, 7) is 1.63. The highest BCUT2D eigenvalue weighted by atomic mass is 19.2. The maximum absolute atomic E-state index is 13.4. The molecule has 0 bridgehead atoms. The molecule has 10 heteroatoms. The van der Waals surface area contributed by atoms with Crippen LogP contribution in [0.4, 0.5) is 22.0 Å². The van der Waals surface area contributed by atoms with Gasteiger partial charge >= 0.3 is 5.97 Å². The van der Waals surface area contributed by atoms with Gasteiger partial charge in [0.15, 0.2) is 0 Å². The fourth-order valence-corrected chi connectivity index (χ4v) is 2.23. The van der Waals surface area contributed by atoms with Crippen molar-refractivity contribution in [3.8, 4) is 5.75 Å². The van der Waals surface area contributed by atoms with Crippen LogP contribution < -0.4 is 4.74 Å². The normalized spacial score (nSPS) is 11.1.